The van der Waals surface area contributed by atoms with Gasteiger partial charge in [-0.3, -0.25) is 19.6 Å². The summed E-state index contributed by atoms with van der Waals surface area (Å²) in [6.07, 6.45) is 4.87. The molecule has 0 bridgehead atoms. The molecule has 0 aliphatic rings. The van der Waals surface area contributed by atoms with Crippen LogP contribution >= 0.6 is 0 Å². The molecule has 0 fully saturated rings. The molecule has 35 heavy (non-hydrogen) atoms. The fourth-order valence-corrected chi connectivity index (χ4v) is 3.85. The molecule has 4 rings (SSSR count). The lowest BCUT2D eigenvalue weighted by Gasteiger charge is -2.15. The second-order valence-electron chi connectivity index (χ2n) is 7.39. The minimum atomic E-state index is -3.56. The van der Waals surface area contributed by atoms with Crippen molar-refractivity contribution >= 4 is 33.3 Å². The van der Waals surface area contributed by atoms with Crippen LogP contribution in [0.2, 0.25) is 0 Å². The Morgan fingerprint density at radius 1 is 1.11 bits per heavy atom. The van der Waals surface area contributed by atoms with Crippen LogP contribution in [0.25, 0.3) is 11.3 Å². The van der Waals surface area contributed by atoms with Crippen molar-refractivity contribution in [3.8, 4) is 17.0 Å². The fraction of sp³-hybridized carbons (Fsp3) is 0.130. The molecule has 0 spiro atoms. The number of sulfonamides is 1. The van der Waals surface area contributed by atoms with E-state index in [1.165, 1.54) is 6.92 Å². The van der Waals surface area contributed by atoms with Crippen LogP contribution in [0.3, 0.4) is 0 Å². The molecule has 11 nitrogen and oxygen atoms in total. The van der Waals surface area contributed by atoms with E-state index in [0.29, 0.717) is 17.1 Å². The number of amides is 1. The van der Waals surface area contributed by atoms with Gasteiger partial charge in [0.05, 0.1) is 17.1 Å². The molecule has 0 aliphatic heterocycles. The number of carbonyl (C=O) groups excluding carboxylic acids is 1. The van der Waals surface area contributed by atoms with Gasteiger partial charge in [-0.2, -0.15) is 5.10 Å². The molecule has 0 saturated carbocycles. The molecule has 1 aromatic carbocycles. The van der Waals surface area contributed by atoms with Crippen LogP contribution in [-0.2, 0) is 16.6 Å². The summed E-state index contributed by atoms with van der Waals surface area (Å²) in [7, 11) is -3.56. The summed E-state index contributed by atoms with van der Waals surface area (Å²) in [5.74, 6) is 0.149. The lowest BCUT2D eigenvalue weighted by Crippen LogP contribution is -2.15. The molecular formula is C23H23N7O4S. The van der Waals surface area contributed by atoms with Crippen LogP contribution in [0.5, 0.6) is 5.75 Å². The van der Waals surface area contributed by atoms with Crippen LogP contribution in [0.4, 0.5) is 17.3 Å². The average molecular weight is 494 g/mol. The van der Waals surface area contributed by atoms with E-state index < -0.39 is 15.9 Å². The van der Waals surface area contributed by atoms with Gasteiger partial charge in [0.2, 0.25) is 10.0 Å². The third-order valence-corrected chi connectivity index (χ3v) is 6.27. The molecule has 3 heterocycles. The third kappa shape index (κ3) is 5.73. The van der Waals surface area contributed by atoms with E-state index >= 15 is 0 Å². The van der Waals surface area contributed by atoms with E-state index in [0.717, 1.165) is 5.56 Å². The summed E-state index contributed by atoms with van der Waals surface area (Å²) >= 11 is 0. The standard InChI is InChI=1S/C23H23N7O4S/c1-2-35(32,33)30-17-7-6-16(13-18(17)34-14-15-8-11-25-12-9-15)21-20(22(24)31)23(29-28-21)27-19-5-3-4-10-26-19/h3-13,30H,2,14H2,1H3,(H2,24,31)(H2,26,27,28,29). The van der Waals surface area contributed by atoms with Gasteiger partial charge in [0, 0.05) is 24.2 Å². The fourth-order valence-electron chi connectivity index (χ4n) is 3.20. The number of hydrogen-bond acceptors (Lipinski definition) is 8. The van der Waals surface area contributed by atoms with Crippen molar-refractivity contribution in [2.75, 3.05) is 15.8 Å². The summed E-state index contributed by atoms with van der Waals surface area (Å²) in [6.45, 7) is 1.71. The first-order valence-corrected chi connectivity index (χ1v) is 12.2. The number of pyridine rings is 2. The van der Waals surface area contributed by atoms with Crippen molar-refractivity contribution in [2.24, 2.45) is 5.73 Å². The number of H-pyrrole nitrogens is 1. The van der Waals surface area contributed by atoms with Gasteiger partial charge in [0.1, 0.15) is 23.7 Å². The highest BCUT2D eigenvalue weighted by atomic mass is 32.2. The monoisotopic (exact) mass is 493 g/mol. The summed E-state index contributed by atoms with van der Waals surface area (Å²) in [5.41, 5.74) is 7.75. The van der Waals surface area contributed by atoms with Gasteiger partial charge in [0.25, 0.3) is 5.91 Å². The molecule has 0 aliphatic carbocycles. The van der Waals surface area contributed by atoms with Crippen molar-refractivity contribution in [1.29, 1.82) is 0 Å². The summed E-state index contributed by atoms with van der Waals surface area (Å²) in [4.78, 5) is 20.5. The maximum atomic E-state index is 12.3. The van der Waals surface area contributed by atoms with E-state index in [-0.39, 0.29) is 35.2 Å². The van der Waals surface area contributed by atoms with E-state index in [2.05, 4.69) is 30.2 Å². The highest BCUT2D eigenvalue weighted by molar-refractivity contribution is 7.92. The van der Waals surface area contributed by atoms with Crippen LogP contribution in [-0.4, -0.2) is 40.2 Å². The highest BCUT2D eigenvalue weighted by Crippen LogP contribution is 2.35. The molecule has 0 atom stereocenters. The number of benzene rings is 1. The number of carbonyl (C=O) groups is 1. The van der Waals surface area contributed by atoms with Gasteiger partial charge in [-0.1, -0.05) is 12.1 Å². The minimum absolute atomic E-state index is 0.104. The van der Waals surface area contributed by atoms with Crippen molar-refractivity contribution < 1.29 is 17.9 Å². The first-order chi connectivity index (χ1) is 16.9. The van der Waals surface area contributed by atoms with E-state index in [9.17, 15) is 13.2 Å². The van der Waals surface area contributed by atoms with E-state index in [1.54, 1.807) is 67.1 Å². The number of nitrogens with one attached hydrogen (secondary N) is 3. The summed E-state index contributed by atoms with van der Waals surface area (Å²) in [5, 5.41) is 9.99. The molecule has 5 N–H and O–H groups in total. The van der Waals surface area contributed by atoms with Gasteiger partial charge in [-0.05, 0) is 48.9 Å². The zero-order valence-corrected chi connectivity index (χ0v) is 19.5. The Morgan fingerprint density at radius 3 is 2.60 bits per heavy atom. The number of nitrogens with zero attached hydrogens (tertiary/aromatic N) is 3. The Labute approximate surface area is 201 Å². The summed E-state index contributed by atoms with van der Waals surface area (Å²) < 4.78 is 32.9. The van der Waals surface area contributed by atoms with Crippen molar-refractivity contribution in [1.82, 2.24) is 20.2 Å². The number of nitrogens with two attached hydrogens (primary N) is 1. The molecule has 3 aromatic heterocycles. The molecule has 0 radical (unpaired) electrons. The number of rotatable bonds is 10. The maximum absolute atomic E-state index is 12.3. The third-order valence-electron chi connectivity index (χ3n) is 4.98. The number of hydrogen-bond donors (Lipinski definition) is 4. The topological polar surface area (TPSA) is 165 Å². The Morgan fingerprint density at radius 2 is 1.91 bits per heavy atom. The number of aromatic amines is 1. The van der Waals surface area contributed by atoms with Gasteiger partial charge in [-0.25, -0.2) is 13.4 Å². The molecule has 12 heteroatoms. The second-order valence-corrected chi connectivity index (χ2v) is 9.40. The Hall–Kier alpha value is -4.45. The molecule has 180 valence electrons. The molecule has 0 saturated heterocycles. The number of anilines is 3. The Bertz CT molecular complexity index is 1430. The SMILES string of the molecule is CCS(=O)(=O)Nc1ccc(-c2[nH]nc(Nc3ccccn3)c2C(N)=O)cc1OCc1ccncc1. The second kappa shape index (κ2) is 10.2. The molecule has 0 unspecified atom stereocenters. The zero-order chi connectivity index (χ0) is 24.8. The smallest absolute Gasteiger partial charge is 0.254 e. The Balaban J connectivity index is 1.72. The van der Waals surface area contributed by atoms with Crippen molar-refractivity contribution in [3.05, 3.63) is 78.2 Å². The van der Waals surface area contributed by atoms with Crippen molar-refractivity contribution in [2.45, 2.75) is 13.5 Å². The Kier molecular flexibility index (Phi) is 6.92. The van der Waals surface area contributed by atoms with Crippen LogP contribution < -0.4 is 20.5 Å². The summed E-state index contributed by atoms with van der Waals surface area (Å²) in [6, 6.07) is 13.6. The number of aromatic nitrogens is 4. The number of primary amides is 1. The zero-order valence-electron chi connectivity index (χ0n) is 18.7. The normalized spacial score (nSPS) is 11.1. The largest absolute Gasteiger partial charge is 0.487 e. The average Bonchev–Trinajstić information content (AvgIpc) is 3.28. The van der Waals surface area contributed by atoms with E-state index in [4.69, 9.17) is 10.5 Å². The maximum Gasteiger partial charge on any atom is 0.254 e. The van der Waals surface area contributed by atoms with Crippen LogP contribution in [0.15, 0.2) is 67.1 Å². The van der Waals surface area contributed by atoms with Crippen LogP contribution in [0, 0.1) is 0 Å². The van der Waals surface area contributed by atoms with Crippen molar-refractivity contribution in [3.63, 3.8) is 0 Å². The highest BCUT2D eigenvalue weighted by Gasteiger charge is 2.22. The van der Waals surface area contributed by atoms with Gasteiger partial charge >= 0.3 is 0 Å². The first-order valence-electron chi connectivity index (χ1n) is 10.6. The predicted octanol–water partition coefficient (Wildman–Crippen LogP) is 3.05. The van der Waals surface area contributed by atoms with Gasteiger partial charge in [-0.15, -0.1) is 0 Å². The van der Waals surface area contributed by atoms with Gasteiger partial charge < -0.3 is 15.8 Å². The number of ether oxygens (including phenoxy) is 1. The van der Waals surface area contributed by atoms with Crippen LogP contribution in [0.1, 0.15) is 22.8 Å². The quantitative estimate of drug-likeness (QED) is 0.262. The first kappa shape index (κ1) is 23.7. The molecular weight excluding hydrogens is 470 g/mol. The lowest BCUT2D eigenvalue weighted by molar-refractivity contribution is 0.100. The minimum Gasteiger partial charge on any atom is -0.487 e. The van der Waals surface area contributed by atoms with Gasteiger partial charge in [0.15, 0.2) is 5.82 Å². The predicted molar refractivity (Wildman–Crippen MR) is 132 cm³/mol. The lowest BCUT2D eigenvalue weighted by atomic mass is 10.1. The molecule has 1 amide bonds. The van der Waals surface area contributed by atoms with E-state index in [1.807, 2.05) is 0 Å². The molecule has 4 aromatic rings.